The van der Waals surface area contributed by atoms with Crippen molar-refractivity contribution >= 4 is 11.8 Å². The average Bonchev–Trinajstić information content (AvgIpc) is 2.67. The van der Waals surface area contributed by atoms with Gasteiger partial charge in [0.05, 0.1) is 5.41 Å². The van der Waals surface area contributed by atoms with Crippen molar-refractivity contribution in [2.45, 2.75) is 33.2 Å². The fraction of sp³-hybridized carbons (Fsp3) is 0.364. The van der Waals surface area contributed by atoms with Gasteiger partial charge in [0.15, 0.2) is 0 Å². The lowest BCUT2D eigenvalue weighted by molar-refractivity contribution is -0.132. The summed E-state index contributed by atoms with van der Waals surface area (Å²) in [7, 11) is 0. The topological polar surface area (TPSA) is 49.4 Å². The highest BCUT2D eigenvalue weighted by molar-refractivity contribution is 5.95. The van der Waals surface area contributed by atoms with E-state index in [9.17, 15) is 14.0 Å². The molecule has 0 aromatic heterocycles. The van der Waals surface area contributed by atoms with E-state index in [0.717, 1.165) is 24.0 Å². The zero-order valence-electron chi connectivity index (χ0n) is 15.8. The Hall–Kier alpha value is -2.69. The van der Waals surface area contributed by atoms with Crippen LogP contribution in [0.2, 0.25) is 0 Å². The number of nitrogens with zero attached hydrogens (tertiary/aromatic N) is 1. The van der Waals surface area contributed by atoms with Gasteiger partial charge in [0.25, 0.3) is 5.91 Å². The molecule has 1 aliphatic heterocycles. The van der Waals surface area contributed by atoms with Crippen LogP contribution >= 0.6 is 0 Å². The molecule has 0 bridgehead atoms. The van der Waals surface area contributed by atoms with Gasteiger partial charge in [-0.3, -0.25) is 9.59 Å². The van der Waals surface area contributed by atoms with Crippen molar-refractivity contribution in [2.24, 2.45) is 5.41 Å². The van der Waals surface area contributed by atoms with Gasteiger partial charge in [0.1, 0.15) is 5.82 Å². The molecule has 27 heavy (non-hydrogen) atoms. The molecule has 0 spiro atoms. The fourth-order valence-corrected chi connectivity index (χ4v) is 3.47. The maximum atomic E-state index is 13.0. The lowest BCUT2D eigenvalue weighted by Gasteiger charge is -2.39. The van der Waals surface area contributed by atoms with Crippen LogP contribution in [-0.4, -0.2) is 29.8 Å². The van der Waals surface area contributed by atoms with Crippen LogP contribution in [0.1, 0.15) is 41.3 Å². The normalized spacial score (nSPS) is 19.6. The lowest BCUT2D eigenvalue weighted by atomic mass is 9.80. The van der Waals surface area contributed by atoms with Crippen LogP contribution in [-0.2, 0) is 11.3 Å². The number of aryl methyl sites for hydroxylation is 1. The summed E-state index contributed by atoms with van der Waals surface area (Å²) in [6.45, 7) is 5.29. The monoisotopic (exact) mass is 368 g/mol. The highest BCUT2D eigenvalue weighted by Crippen LogP contribution is 2.30. The van der Waals surface area contributed by atoms with Crippen LogP contribution in [0.4, 0.5) is 4.39 Å². The number of halogens is 1. The number of nitrogens with one attached hydrogen (secondary N) is 1. The molecule has 4 nitrogen and oxygen atoms in total. The summed E-state index contributed by atoms with van der Waals surface area (Å²) in [4.78, 5) is 27.3. The van der Waals surface area contributed by atoms with Crippen LogP contribution in [0.3, 0.4) is 0 Å². The first-order valence-corrected chi connectivity index (χ1v) is 9.26. The Morgan fingerprint density at radius 1 is 1.11 bits per heavy atom. The number of likely N-dealkylation sites (tertiary alicyclic amines) is 1. The number of rotatable bonds is 4. The first kappa shape index (κ1) is 19.1. The van der Waals surface area contributed by atoms with Crippen molar-refractivity contribution < 1.29 is 14.0 Å². The van der Waals surface area contributed by atoms with Gasteiger partial charge in [-0.05, 0) is 56.5 Å². The quantitative estimate of drug-likeness (QED) is 0.895. The minimum absolute atomic E-state index is 0.0349. The molecule has 0 radical (unpaired) electrons. The Bertz CT molecular complexity index is 817. The van der Waals surface area contributed by atoms with Gasteiger partial charge < -0.3 is 10.2 Å². The van der Waals surface area contributed by atoms with Crippen molar-refractivity contribution in [1.82, 2.24) is 10.2 Å². The third-order valence-corrected chi connectivity index (χ3v) is 5.20. The number of piperidine rings is 1. The van der Waals surface area contributed by atoms with Gasteiger partial charge in [0, 0.05) is 25.2 Å². The largest absolute Gasteiger partial charge is 0.351 e. The van der Waals surface area contributed by atoms with Crippen LogP contribution in [0.5, 0.6) is 0 Å². The Labute approximate surface area is 159 Å². The van der Waals surface area contributed by atoms with Crippen molar-refractivity contribution in [1.29, 1.82) is 0 Å². The fourth-order valence-electron chi connectivity index (χ4n) is 3.47. The first-order chi connectivity index (χ1) is 12.9. The van der Waals surface area contributed by atoms with Crippen molar-refractivity contribution in [3.63, 3.8) is 0 Å². The molecule has 5 heteroatoms. The SMILES string of the molecule is Cc1ccc(C(=O)N2CCC[C@](C)(C(=O)NCc3ccc(F)cc3)C2)cc1. The van der Waals surface area contributed by atoms with Gasteiger partial charge in [-0.1, -0.05) is 29.8 Å². The van der Waals surface area contributed by atoms with Gasteiger partial charge in [-0.25, -0.2) is 4.39 Å². The molecule has 0 aliphatic carbocycles. The number of hydrogen-bond acceptors (Lipinski definition) is 2. The van der Waals surface area contributed by atoms with Crippen LogP contribution in [0.25, 0.3) is 0 Å². The van der Waals surface area contributed by atoms with E-state index in [-0.39, 0.29) is 17.6 Å². The number of carbonyl (C=O) groups is 2. The predicted octanol–water partition coefficient (Wildman–Crippen LogP) is 3.69. The summed E-state index contributed by atoms with van der Waals surface area (Å²) < 4.78 is 13.0. The molecule has 1 fully saturated rings. The molecular formula is C22H25FN2O2. The summed E-state index contributed by atoms with van der Waals surface area (Å²) in [6.07, 6.45) is 1.53. The van der Waals surface area contributed by atoms with E-state index in [4.69, 9.17) is 0 Å². The summed E-state index contributed by atoms with van der Waals surface area (Å²) in [5.41, 5.74) is 1.97. The summed E-state index contributed by atoms with van der Waals surface area (Å²) in [6, 6.07) is 13.6. The second kappa shape index (κ2) is 7.91. The van der Waals surface area contributed by atoms with E-state index in [1.807, 2.05) is 38.1 Å². The smallest absolute Gasteiger partial charge is 0.253 e. The number of hydrogen-bond donors (Lipinski definition) is 1. The second-order valence-electron chi connectivity index (χ2n) is 7.57. The van der Waals surface area contributed by atoms with Gasteiger partial charge >= 0.3 is 0 Å². The average molecular weight is 368 g/mol. The number of benzene rings is 2. The van der Waals surface area contributed by atoms with E-state index < -0.39 is 5.41 Å². The molecule has 0 unspecified atom stereocenters. The van der Waals surface area contributed by atoms with Crippen molar-refractivity contribution in [3.8, 4) is 0 Å². The Morgan fingerprint density at radius 2 is 1.78 bits per heavy atom. The van der Waals surface area contributed by atoms with E-state index >= 15 is 0 Å². The molecule has 1 N–H and O–H groups in total. The molecule has 1 atom stereocenters. The van der Waals surface area contributed by atoms with Crippen molar-refractivity contribution in [3.05, 3.63) is 71.0 Å². The lowest BCUT2D eigenvalue weighted by Crippen LogP contribution is -2.51. The van der Waals surface area contributed by atoms with Gasteiger partial charge in [-0.15, -0.1) is 0 Å². The number of amides is 2. The van der Waals surface area contributed by atoms with Gasteiger partial charge in [-0.2, -0.15) is 0 Å². The van der Waals surface area contributed by atoms with E-state index in [0.29, 0.717) is 25.2 Å². The van der Waals surface area contributed by atoms with Crippen molar-refractivity contribution in [2.75, 3.05) is 13.1 Å². The highest BCUT2D eigenvalue weighted by atomic mass is 19.1. The molecule has 1 aliphatic rings. The minimum Gasteiger partial charge on any atom is -0.351 e. The zero-order chi connectivity index (χ0) is 19.4. The van der Waals surface area contributed by atoms with Crippen LogP contribution in [0.15, 0.2) is 48.5 Å². The standard InChI is InChI=1S/C22H25FN2O2/c1-16-4-8-18(9-5-16)20(26)25-13-3-12-22(2,15-25)21(27)24-14-17-6-10-19(23)11-7-17/h4-11H,3,12-15H2,1-2H3,(H,24,27)/t22-/m0/s1. The zero-order valence-corrected chi connectivity index (χ0v) is 15.8. The van der Waals surface area contributed by atoms with Crippen LogP contribution < -0.4 is 5.32 Å². The highest BCUT2D eigenvalue weighted by Gasteiger charge is 2.39. The molecule has 3 rings (SSSR count). The van der Waals surface area contributed by atoms with E-state index in [2.05, 4.69) is 5.32 Å². The maximum Gasteiger partial charge on any atom is 0.253 e. The Morgan fingerprint density at radius 3 is 2.44 bits per heavy atom. The molecule has 1 saturated heterocycles. The third kappa shape index (κ3) is 4.54. The molecule has 2 aromatic rings. The molecular weight excluding hydrogens is 343 g/mol. The Balaban J connectivity index is 1.64. The Kier molecular flexibility index (Phi) is 5.59. The second-order valence-corrected chi connectivity index (χ2v) is 7.57. The molecule has 142 valence electrons. The minimum atomic E-state index is -0.626. The predicted molar refractivity (Wildman–Crippen MR) is 103 cm³/mol. The molecule has 1 heterocycles. The summed E-state index contributed by atoms with van der Waals surface area (Å²) in [5, 5.41) is 2.94. The maximum absolute atomic E-state index is 13.0. The van der Waals surface area contributed by atoms with E-state index in [1.54, 1.807) is 17.0 Å². The summed E-state index contributed by atoms with van der Waals surface area (Å²) >= 11 is 0. The molecule has 2 aromatic carbocycles. The van der Waals surface area contributed by atoms with Crippen LogP contribution in [0, 0.1) is 18.2 Å². The first-order valence-electron chi connectivity index (χ1n) is 9.26. The molecule has 0 saturated carbocycles. The summed E-state index contributed by atoms with van der Waals surface area (Å²) in [5.74, 6) is -0.407. The third-order valence-electron chi connectivity index (χ3n) is 5.20. The van der Waals surface area contributed by atoms with Gasteiger partial charge in [0.2, 0.25) is 5.91 Å². The number of carbonyl (C=O) groups excluding carboxylic acids is 2. The molecule has 2 amide bonds. The van der Waals surface area contributed by atoms with E-state index in [1.165, 1.54) is 12.1 Å².